The molecule has 1 aliphatic carbocycles. The molecule has 0 spiro atoms. The summed E-state index contributed by atoms with van der Waals surface area (Å²) >= 11 is 1.59. The van der Waals surface area contributed by atoms with E-state index >= 15 is 0 Å². The van der Waals surface area contributed by atoms with Crippen molar-refractivity contribution < 1.29 is 4.39 Å². The van der Waals surface area contributed by atoms with Crippen molar-refractivity contribution in [3.05, 3.63) is 35.6 Å². The molecule has 6 heteroatoms. The number of thioether (sulfide) groups is 1. The Hall–Kier alpha value is -1.56. The van der Waals surface area contributed by atoms with E-state index in [0.29, 0.717) is 11.8 Å². The predicted molar refractivity (Wildman–Crippen MR) is 90.3 cm³/mol. The first kappa shape index (κ1) is 15.0. The largest absolute Gasteiger partial charge is 0.341 e. The van der Waals surface area contributed by atoms with Gasteiger partial charge < -0.3 is 4.90 Å². The molecule has 1 saturated carbocycles. The van der Waals surface area contributed by atoms with Crippen molar-refractivity contribution in [2.24, 2.45) is 0 Å². The highest BCUT2D eigenvalue weighted by molar-refractivity contribution is 7.98. The zero-order valence-corrected chi connectivity index (χ0v) is 13.9. The molecule has 2 aliphatic rings. The fourth-order valence-electron chi connectivity index (χ4n) is 3.09. The first-order valence-corrected chi connectivity index (χ1v) is 9.37. The number of halogens is 1. The molecule has 4 nitrogen and oxygen atoms in total. The molecule has 1 aliphatic heterocycles. The van der Waals surface area contributed by atoms with Crippen LogP contribution in [0.2, 0.25) is 0 Å². The minimum absolute atomic E-state index is 0.145. The van der Waals surface area contributed by atoms with Crippen LogP contribution in [0.15, 0.2) is 29.4 Å². The van der Waals surface area contributed by atoms with Crippen LogP contribution in [0, 0.1) is 5.82 Å². The second kappa shape index (κ2) is 6.51. The molecule has 0 amide bonds. The Balaban J connectivity index is 1.54. The van der Waals surface area contributed by atoms with Crippen LogP contribution in [0.25, 0.3) is 0 Å². The second-order valence-corrected chi connectivity index (χ2v) is 7.25. The summed E-state index contributed by atoms with van der Waals surface area (Å²) in [5, 5.41) is 9.80. The van der Waals surface area contributed by atoms with Gasteiger partial charge in [0, 0.05) is 24.9 Å². The quantitative estimate of drug-likeness (QED) is 0.774. The van der Waals surface area contributed by atoms with Gasteiger partial charge in [0.05, 0.1) is 0 Å². The van der Waals surface area contributed by atoms with Crippen molar-refractivity contribution in [3.63, 3.8) is 0 Å². The summed E-state index contributed by atoms with van der Waals surface area (Å²) in [5.74, 6) is 1.47. The van der Waals surface area contributed by atoms with E-state index in [2.05, 4.69) is 19.7 Å². The van der Waals surface area contributed by atoms with Crippen molar-refractivity contribution in [1.29, 1.82) is 0 Å². The van der Waals surface area contributed by atoms with Gasteiger partial charge in [-0.05, 0) is 43.7 Å². The summed E-state index contributed by atoms with van der Waals surface area (Å²) in [4.78, 5) is 2.36. The third-order valence-corrected chi connectivity index (χ3v) is 5.50. The molecule has 4 rings (SSSR count). The summed E-state index contributed by atoms with van der Waals surface area (Å²) in [6.07, 6.45) is 6.17. The molecular formula is C17H21FN4S. The SMILES string of the molecule is Fc1ccccc1CSc1nnc(N2CCCCC2)n1C1CC1. The van der Waals surface area contributed by atoms with Crippen LogP contribution in [0.1, 0.15) is 43.7 Å². The monoisotopic (exact) mass is 332 g/mol. The lowest BCUT2D eigenvalue weighted by Crippen LogP contribution is -2.31. The molecule has 2 aromatic rings. The highest BCUT2D eigenvalue weighted by atomic mass is 32.2. The Bertz CT molecular complexity index is 677. The maximum absolute atomic E-state index is 13.8. The van der Waals surface area contributed by atoms with E-state index in [1.165, 1.54) is 38.2 Å². The first-order valence-electron chi connectivity index (χ1n) is 8.39. The first-order chi connectivity index (χ1) is 11.3. The number of nitrogens with zero attached hydrogens (tertiary/aromatic N) is 4. The Kier molecular flexibility index (Phi) is 4.25. The summed E-state index contributed by atoms with van der Waals surface area (Å²) in [7, 11) is 0. The van der Waals surface area contributed by atoms with E-state index in [9.17, 15) is 4.39 Å². The fraction of sp³-hybridized carbons (Fsp3) is 0.529. The number of rotatable bonds is 5. The third-order valence-electron chi connectivity index (χ3n) is 4.51. The maximum atomic E-state index is 13.8. The highest BCUT2D eigenvalue weighted by Crippen LogP contribution is 2.41. The van der Waals surface area contributed by atoms with Crippen LogP contribution in [0.3, 0.4) is 0 Å². The maximum Gasteiger partial charge on any atom is 0.228 e. The van der Waals surface area contributed by atoms with E-state index in [4.69, 9.17) is 0 Å². The Morgan fingerprint density at radius 3 is 2.61 bits per heavy atom. The van der Waals surface area contributed by atoms with Crippen molar-refractivity contribution in [1.82, 2.24) is 14.8 Å². The molecule has 1 aromatic carbocycles. The van der Waals surface area contributed by atoms with Gasteiger partial charge in [-0.2, -0.15) is 0 Å². The minimum atomic E-state index is -0.145. The summed E-state index contributed by atoms with van der Waals surface area (Å²) in [5.41, 5.74) is 0.724. The normalized spacial score (nSPS) is 18.4. The Morgan fingerprint density at radius 2 is 1.87 bits per heavy atom. The average molecular weight is 332 g/mol. The van der Waals surface area contributed by atoms with Gasteiger partial charge in [-0.1, -0.05) is 30.0 Å². The number of piperidine rings is 1. The van der Waals surface area contributed by atoms with E-state index in [1.807, 2.05) is 12.1 Å². The van der Waals surface area contributed by atoms with Gasteiger partial charge >= 0.3 is 0 Å². The summed E-state index contributed by atoms with van der Waals surface area (Å²) < 4.78 is 16.1. The predicted octanol–water partition coefficient (Wildman–Crippen LogP) is 4.03. The molecule has 0 unspecified atom stereocenters. The zero-order valence-electron chi connectivity index (χ0n) is 13.1. The lowest BCUT2D eigenvalue weighted by molar-refractivity contribution is 0.548. The summed E-state index contributed by atoms with van der Waals surface area (Å²) in [6.45, 7) is 2.14. The molecule has 2 heterocycles. The molecule has 122 valence electrons. The fourth-order valence-corrected chi connectivity index (χ4v) is 4.07. The van der Waals surface area contributed by atoms with Crippen molar-refractivity contribution in [2.45, 2.75) is 49.1 Å². The van der Waals surface area contributed by atoms with Gasteiger partial charge in [-0.15, -0.1) is 10.2 Å². The molecule has 0 bridgehead atoms. The Labute approximate surface area is 140 Å². The van der Waals surface area contributed by atoms with E-state index in [-0.39, 0.29) is 5.82 Å². The van der Waals surface area contributed by atoms with E-state index in [1.54, 1.807) is 17.8 Å². The van der Waals surface area contributed by atoms with Crippen LogP contribution >= 0.6 is 11.8 Å². The zero-order chi connectivity index (χ0) is 15.6. The number of hydrogen-bond donors (Lipinski definition) is 0. The molecule has 0 radical (unpaired) electrons. The number of benzene rings is 1. The van der Waals surface area contributed by atoms with Crippen LogP contribution in [0.5, 0.6) is 0 Å². The molecular weight excluding hydrogens is 311 g/mol. The molecule has 0 atom stereocenters. The van der Waals surface area contributed by atoms with Gasteiger partial charge in [-0.3, -0.25) is 4.57 Å². The van der Waals surface area contributed by atoms with Crippen LogP contribution in [0.4, 0.5) is 10.3 Å². The van der Waals surface area contributed by atoms with Gasteiger partial charge in [0.1, 0.15) is 5.82 Å². The van der Waals surface area contributed by atoms with E-state index < -0.39 is 0 Å². The van der Waals surface area contributed by atoms with Crippen molar-refractivity contribution >= 4 is 17.7 Å². The lowest BCUT2D eigenvalue weighted by Gasteiger charge is -2.27. The van der Waals surface area contributed by atoms with Crippen LogP contribution in [-0.2, 0) is 5.75 Å². The lowest BCUT2D eigenvalue weighted by atomic mass is 10.1. The number of aromatic nitrogens is 3. The molecule has 1 aromatic heterocycles. The number of hydrogen-bond acceptors (Lipinski definition) is 4. The minimum Gasteiger partial charge on any atom is -0.341 e. The number of anilines is 1. The molecule has 2 fully saturated rings. The van der Waals surface area contributed by atoms with Crippen LogP contribution < -0.4 is 4.90 Å². The standard InChI is InChI=1S/C17H21FN4S/c18-15-7-3-2-6-13(15)12-23-17-20-19-16(22(17)14-8-9-14)21-10-4-1-5-11-21/h2-3,6-7,14H,1,4-5,8-12H2. The molecule has 1 saturated heterocycles. The van der Waals surface area contributed by atoms with Gasteiger partial charge in [-0.25, -0.2) is 4.39 Å². The van der Waals surface area contributed by atoms with Crippen molar-refractivity contribution in [3.8, 4) is 0 Å². The van der Waals surface area contributed by atoms with Gasteiger partial charge in [0.15, 0.2) is 5.16 Å². The second-order valence-electron chi connectivity index (χ2n) is 6.31. The van der Waals surface area contributed by atoms with Crippen LogP contribution in [-0.4, -0.2) is 27.9 Å². The molecule has 0 N–H and O–H groups in total. The van der Waals surface area contributed by atoms with Crippen molar-refractivity contribution in [2.75, 3.05) is 18.0 Å². The molecule has 23 heavy (non-hydrogen) atoms. The van der Waals surface area contributed by atoms with Gasteiger partial charge in [0.2, 0.25) is 5.95 Å². The topological polar surface area (TPSA) is 34.0 Å². The smallest absolute Gasteiger partial charge is 0.228 e. The third kappa shape index (κ3) is 3.22. The average Bonchev–Trinajstić information content (AvgIpc) is 3.34. The van der Waals surface area contributed by atoms with E-state index in [0.717, 1.165) is 29.8 Å². The van der Waals surface area contributed by atoms with Gasteiger partial charge in [0.25, 0.3) is 0 Å². The summed E-state index contributed by atoms with van der Waals surface area (Å²) in [6, 6.07) is 7.49. The highest BCUT2D eigenvalue weighted by Gasteiger charge is 2.32. The Morgan fingerprint density at radius 1 is 1.09 bits per heavy atom.